The second-order valence-electron chi connectivity index (χ2n) is 5.83. The Morgan fingerprint density at radius 2 is 1.73 bits per heavy atom. The fourth-order valence-electron chi connectivity index (χ4n) is 2.61. The van der Waals surface area contributed by atoms with Gasteiger partial charge in [-0.15, -0.1) is 0 Å². The van der Waals surface area contributed by atoms with Crippen molar-refractivity contribution in [2.45, 2.75) is 12.8 Å². The second kappa shape index (κ2) is 8.20. The van der Waals surface area contributed by atoms with Crippen LogP contribution in [0.2, 0.25) is 0 Å². The van der Waals surface area contributed by atoms with Gasteiger partial charge in [0.2, 0.25) is 11.8 Å². The first kappa shape index (κ1) is 17.5. The van der Waals surface area contributed by atoms with Gasteiger partial charge in [-0.3, -0.25) is 14.6 Å². The van der Waals surface area contributed by atoms with Crippen molar-refractivity contribution in [2.75, 3.05) is 11.9 Å². The van der Waals surface area contributed by atoms with Crippen molar-refractivity contribution in [1.29, 1.82) is 0 Å². The van der Waals surface area contributed by atoms with Crippen LogP contribution in [0.3, 0.4) is 0 Å². The lowest BCUT2D eigenvalue weighted by atomic mass is 10.1. The van der Waals surface area contributed by atoms with Crippen molar-refractivity contribution < 1.29 is 14.0 Å². The van der Waals surface area contributed by atoms with Crippen molar-refractivity contribution in [3.05, 3.63) is 72.2 Å². The molecule has 2 N–H and O–H groups in total. The standard InChI is InChI=1S/C20H18FN3O2/c21-16-8-6-14(7-9-16)10-12-22-18(25)13-19(26)24-17-5-1-3-15-4-2-11-23-20(15)17/h1-9,11H,10,12-13H2,(H,22,25)(H,24,26). The fraction of sp³-hybridized carbons (Fsp3) is 0.150. The van der Waals surface area contributed by atoms with E-state index in [1.165, 1.54) is 12.1 Å². The van der Waals surface area contributed by atoms with Crippen LogP contribution in [0.1, 0.15) is 12.0 Å². The number of benzene rings is 2. The lowest BCUT2D eigenvalue weighted by molar-refractivity contribution is -0.126. The molecular weight excluding hydrogens is 333 g/mol. The molecule has 1 aromatic heterocycles. The van der Waals surface area contributed by atoms with Crippen LogP contribution >= 0.6 is 0 Å². The van der Waals surface area contributed by atoms with Gasteiger partial charge in [-0.2, -0.15) is 0 Å². The summed E-state index contributed by atoms with van der Waals surface area (Å²) in [6.45, 7) is 0.383. The van der Waals surface area contributed by atoms with Gasteiger partial charge in [-0.1, -0.05) is 30.3 Å². The van der Waals surface area contributed by atoms with Crippen molar-refractivity contribution in [3.63, 3.8) is 0 Å². The molecule has 0 saturated heterocycles. The molecule has 132 valence electrons. The zero-order chi connectivity index (χ0) is 18.4. The molecule has 6 heteroatoms. The van der Waals surface area contributed by atoms with E-state index in [1.807, 2.05) is 24.3 Å². The van der Waals surface area contributed by atoms with Gasteiger partial charge < -0.3 is 10.6 Å². The molecule has 0 aliphatic heterocycles. The molecule has 5 nitrogen and oxygen atoms in total. The monoisotopic (exact) mass is 351 g/mol. The molecule has 0 atom stereocenters. The molecule has 1 heterocycles. The van der Waals surface area contributed by atoms with Crippen LogP contribution < -0.4 is 10.6 Å². The van der Waals surface area contributed by atoms with E-state index in [9.17, 15) is 14.0 Å². The Hall–Kier alpha value is -3.28. The first-order valence-electron chi connectivity index (χ1n) is 8.26. The molecule has 0 unspecified atom stereocenters. The molecule has 2 aromatic carbocycles. The summed E-state index contributed by atoms with van der Waals surface area (Å²) in [4.78, 5) is 28.3. The van der Waals surface area contributed by atoms with Crippen molar-refractivity contribution in [2.24, 2.45) is 0 Å². The topological polar surface area (TPSA) is 71.1 Å². The summed E-state index contributed by atoms with van der Waals surface area (Å²) in [5, 5.41) is 6.33. The van der Waals surface area contributed by atoms with Gasteiger partial charge in [0.15, 0.2) is 0 Å². The van der Waals surface area contributed by atoms with Gasteiger partial charge in [0.1, 0.15) is 12.2 Å². The Labute approximate surface area is 150 Å². The third-order valence-electron chi connectivity index (χ3n) is 3.88. The Morgan fingerprint density at radius 1 is 0.962 bits per heavy atom. The zero-order valence-corrected chi connectivity index (χ0v) is 14.0. The number of pyridine rings is 1. The van der Waals surface area contributed by atoms with Crippen LogP contribution in [0.25, 0.3) is 10.9 Å². The van der Waals surface area contributed by atoms with E-state index in [0.29, 0.717) is 24.2 Å². The van der Waals surface area contributed by atoms with E-state index in [0.717, 1.165) is 10.9 Å². The Balaban J connectivity index is 1.49. The molecule has 0 bridgehead atoms. The largest absolute Gasteiger partial charge is 0.355 e. The Kier molecular flexibility index (Phi) is 5.53. The summed E-state index contributed by atoms with van der Waals surface area (Å²) in [5.74, 6) is -1.06. The molecule has 0 saturated carbocycles. The molecule has 3 rings (SSSR count). The summed E-state index contributed by atoms with van der Waals surface area (Å²) in [6.07, 6.45) is 1.95. The lowest BCUT2D eigenvalue weighted by Crippen LogP contribution is -2.29. The third-order valence-corrected chi connectivity index (χ3v) is 3.88. The smallest absolute Gasteiger partial charge is 0.233 e. The Morgan fingerprint density at radius 3 is 2.54 bits per heavy atom. The first-order chi connectivity index (χ1) is 12.6. The van der Waals surface area contributed by atoms with Crippen molar-refractivity contribution in [1.82, 2.24) is 10.3 Å². The first-order valence-corrected chi connectivity index (χ1v) is 8.26. The maximum atomic E-state index is 12.8. The predicted octanol–water partition coefficient (Wildman–Crippen LogP) is 3.06. The average Bonchev–Trinajstić information content (AvgIpc) is 2.63. The minimum Gasteiger partial charge on any atom is -0.355 e. The highest BCUT2D eigenvalue weighted by atomic mass is 19.1. The number of hydrogen-bond acceptors (Lipinski definition) is 3. The highest BCUT2D eigenvalue weighted by molar-refractivity contribution is 6.07. The average molecular weight is 351 g/mol. The van der Waals surface area contributed by atoms with Crippen LogP contribution in [-0.4, -0.2) is 23.3 Å². The van der Waals surface area contributed by atoms with E-state index >= 15 is 0 Å². The summed E-state index contributed by atoms with van der Waals surface area (Å²) >= 11 is 0. The molecular formula is C20H18FN3O2. The summed E-state index contributed by atoms with van der Waals surface area (Å²) in [5.41, 5.74) is 2.17. The van der Waals surface area contributed by atoms with Gasteiger partial charge in [-0.05, 0) is 36.2 Å². The van der Waals surface area contributed by atoms with Crippen molar-refractivity contribution >= 4 is 28.4 Å². The lowest BCUT2D eigenvalue weighted by Gasteiger charge is -2.08. The van der Waals surface area contributed by atoms with Crippen molar-refractivity contribution in [3.8, 4) is 0 Å². The van der Waals surface area contributed by atoms with Gasteiger partial charge >= 0.3 is 0 Å². The van der Waals surface area contributed by atoms with E-state index in [4.69, 9.17) is 0 Å². The number of carbonyl (C=O) groups is 2. The molecule has 3 aromatic rings. The zero-order valence-electron chi connectivity index (χ0n) is 14.0. The molecule has 2 amide bonds. The number of halogens is 1. The van der Waals surface area contributed by atoms with Gasteiger partial charge in [-0.25, -0.2) is 4.39 Å². The van der Waals surface area contributed by atoms with Crippen LogP contribution in [0.15, 0.2) is 60.8 Å². The van der Waals surface area contributed by atoms with Crippen LogP contribution in [0.5, 0.6) is 0 Å². The highest BCUT2D eigenvalue weighted by Crippen LogP contribution is 2.20. The number of nitrogens with zero attached hydrogens (tertiary/aromatic N) is 1. The minimum atomic E-state index is -0.401. The maximum Gasteiger partial charge on any atom is 0.233 e. The quantitative estimate of drug-likeness (QED) is 0.671. The number of aromatic nitrogens is 1. The SMILES string of the molecule is O=C(CC(=O)Nc1cccc2cccnc12)NCCc1ccc(F)cc1. The van der Waals surface area contributed by atoms with Crippen LogP contribution in [-0.2, 0) is 16.0 Å². The number of rotatable bonds is 6. The van der Waals surface area contributed by atoms with Crippen LogP contribution in [0, 0.1) is 5.82 Å². The normalized spacial score (nSPS) is 10.5. The minimum absolute atomic E-state index is 0.271. The number of para-hydroxylation sites is 1. The van der Waals surface area contributed by atoms with Gasteiger partial charge in [0.25, 0.3) is 0 Å². The number of carbonyl (C=O) groups excluding carboxylic acids is 2. The predicted molar refractivity (Wildman–Crippen MR) is 98.1 cm³/mol. The molecule has 0 aliphatic rings. The number of hydrogen-bond donors (Lipinski definition) is 2. The van der Waals surface area contributed by atoms with E-state index in [1.54, 1.807) is 24.4 Å². The Bertz CT molecular complexity index is 920. The molecule has 0 radical (unpaired) electrons. The van der Waals surface area contributed by atoms with Crippen LogP contribution in [0.4, 0.5) is 10.1 Å². The maximum absolute atomic E-state index is 12.8. The number of anilines is 1. The van der Waals surface area contributed by atoms with E-state index < -0.39 is 5.91 Å². The summed E-state index contributed by atoms with van der Waals surface area (Å²) < 4.78 is 12.8. The summed E-state index contributed by atoms with van der Waals surface area (Å²) in [6, 6.07) is 15.3. The van der Waals surface area contributed by atoms with Gasteiger partial charge in [0, 0.05) is 18.1 Å². The molecule has 0 aliphatic carbocycles. The second-order valence-corrected chi connectivity index (χ2v) is 5.83. The number of nitrogens with one attached hydrogen (secondary N) is 2. The highest BCUT2D eigenvalue weighted by Gasteiger charge is 2.11. The summed E-state index contributed by atoms with van der Waals surface area (Å²) in [7, 11) is 0. The number of amides is 2. The fourth-order valence-corrected chi connectivity index (χ4v) is 2.61. The molecule has 26 heavy (non-hydrogen) atoms. The van der Waals surface area contributed by atoms with Gasteiger partial charge in [0.05, 0.1) is 11.2 Å². The number of fused-ring (bicyclic) bond motifs is 1. The molecule has 0 spiro atoms. The molecule has 0 fully saturated rings. The van der Waals surface area contributed by atoms with E-state index in [2.05, 4.69) is 15.6 Å². The third kappa shape index (κ3) is 4.63. The van der Waals surface area contributed by atoms with E-state index in [-0.39, 0.29) is 18.1 Å².